The fraction of sp³-hybridized carbons (Fsp3) is 0.600. The van der Waals surface area contributed by atoms with Gasteiger partial charge in [-0.3, -0.25) is 0 Å². The first kappa shape index (κ1) is 19.2. The Morgan fingerprint density at radius 2 is 1.82 bits per heavy atom. The summed E-state index contributed by atoms with van der Waals surface area (Å²) in [5.41, 5.74) is 1.20. The maximum absolute atomic E-state index is 12.8. The van der Waals surface area contributed by atoms with Crippen molar-refractivity contribution in [1.29, 1.82) is 0 Å². The molecule has 0 saturated carbocycles. The summed E-state index contributed by atoms with van der Waals surface area (Å²) >= 11 is 0. The Morgan fingerprint density at radius 3 is 2.46 bits per heavy atom. The van der Waals surface area contributed by atoms with Crippen LogP contribution >= 0.6 is 0 Å². The van der Waals surface area contributed by atoms with Crippen LogP contribution in [0.2, 0.25) is 0 Å². The van der Waals surface area contributed by atoms with Gasteiger partial charge in [0.25, 0.3) is 0 Å². The van der Waals surface area contributed by atoms with Crippen molar-refractivity contribution in [3.05, 3.63) is 23.8 Å². The number of benzene rings is 1. The third-order valence-corrected chi connectivity index (χ3v) is 6.16. The molecule has 0 bridgehead atoms. The lowest BCUT2D eigenvalue weighted by Crippen LogP contribution is -2.45. The average molecular weight is 393 g/mol. The molecule has 2 aromatic rings. The zero-order chi connectivity index (χ0) is 19.8. The molecule has 2 aliphatic rings. The standard InChI is InChI=1S/C20H26F3N5/c1-24-18-26-16-12-14(13-20(21,22)23)2-3-15(16)17(27-18)28-10-6-19(7-11-28)4-8-25-9-5-19/h2-3,12,25H,4-11,13H2,1H3,(H,24,26,27). The molecular weight excluding hydrogens is 367 g/mol. The normalized spacial score (nSPS) is 19.9. The van der Waals surface area contributed by atoms with Crippen LogP contribution in [-0.2, 0) is 6.42 Å². The van der Waals surface area contributed by atoms with Crippen LogP contribution in [0.15, 0.2) is 18.2 Å². The molecule has 8 heteroatoms. The highest BCUT2D eigenvalue weighted by Crippen LogP contribution is 2.41. The molecule has 1 spiro atoms. The molecule has 0 atom stereocenters. The summed E-state index contributed by atoms with van der Waals surface area (Å²) in [7, 11) is 1.73. The van der Waals surface area contributed by atoms with E-state index in [9.17, 15) is 13.2 Å². The van der Waals surface area contributed by atoms with Gasteiger partial charge in [0.1, 0.15) is 5.82 Å². The number of piperidine rings is 2. The second-order valence-corrected chi connectivity index (χ2v) is 8.00. The Kier molecular flexibility index (Phi) is 5.07. The van der Waals surface area contributed by atoms with E-state index in [0.29, 0.717) is 16.9 Å². The van der Waals surface area contributed by atoms with Gasteiger partial charge in [-0.1, -0.05) is 6.07 Å². The second kappa shape index (κ2) is 7.39. The molecule has 4 rings (SSSR count). The van der Waals surface area contributed by atoms with Crippen LogP contribution in [0.1, 0.15) is 31.2 Å². The number of nitrogens with zero attached hydrogens (tertiary/aromatic N) is 3. The minimum absolute atomic E-state index is 0.221. The number of alkyl halides is 3. The first-order chi connectivity index (χ1) is 13.4. The Hall–Kier alpha value is -2.09. The maximum atomic E-state index is 12.8. The molecule has 2 aliphatic heterocycles. The smallest absolute Gasteiger partial charge is 0.357 e. The lowest BCUT2D eigenvalue weighted by atomic mass is 9.71. The van der Waals surface area contributed by atoms with Gasteiger partial charge in [-0.25, -0.2) is 4.98 Å². The van der Waals surface area contributed by atoms with Gasteiger partial charge in [0, 0.05) is 25.5 Å². The molecule has 0 radical (unpaired) electrons. The molecule has 152 valence electrons. The fourth-order valence-electron chi connectivity index (χ4n) is 4.50. The number of aromatic nitrogens is 2. The Labute approximate surface area is 162 Å². The van der Waals surface area contributed by atoms with Crippen LogP contribution < -0.4 is 15.5 Å². The largest absolute Gasteiger partial charge is 0.393 e. The van der Waals surface area contributed by atoms with E-state index in [2.05, 4.69) is 25.5 Å². The summed E-state index contributed by atoms with van der Waals surface area (Å²) in [4.78, 5) is 11.3. The molecule has 3 heterocycles. The summed E-state index contributed by atoms with van der Waals surface area (Å²) in [6, 6.07) is 4.81. The van der Waals surface area contributed by atoms with Gasteiger partial charge in [-0.05, 0) is 61.9 Å². The summed E-state index contributed by atoms with van der Waals surface area (Å²) in [5.74, 6) is 1.26. The zero-order valence-corrected chi connectivity index (χ0v) is 16.1. The topological polar surface area (TPSA) is 53.1 Å². The van der Waals surface area contributed by atoms with E-state index in [1.165, 1.54) is 18.9 Å². The van der Waals surface area contributed by atoms with Crippen LogP contribution in [0, 0.1) is 5.41 Å². The molecule has 5 nitrogen and oxygen atoms in total. The van der Waals surface area contributed by atoms with Crippen molar-refractivity contribution in [3.63, 3.8) is 0 Å². The van der Waals surface area contributed by atoms with Crippen LogP contribution in [0.25, 0.3) is 10.9 Å². The van der Waals surface area contributed by atoms with E-state index in [1.54, 1.807) is 19.2 Å². The number of nitrogens with one attached hydrogen (secondary N) is 2. The Bertz CT molecular complexity index is 836. The highest BCUT2D eigenvalue weighted by atomic mass is 19.4. The predicted octanol–water partition coefficient (Wildman–Crippen LogP) is 3.75. The zero-order valence-electron chi connectivity index (χ0n) is 16.1. The molecule has 0 unspecified atom stereocenters. The van der Waals surface area contributed by atoms with Crippen LogP contribution in [0.4, 0.5) is 24.9 Å². The summed E-state index contributed by atoms with van der Waals surface area (Å²) < 4.78 is 38.3. The maximum Gasteiger partial charge on any atom is 0.393 e. The molecule has 28 heavy (non-hydrogen) atoms. The van der Waals surface area contributed by atoms with Crippen molar-refractivity contribution in [1.82, 2.24) is 15.3 Å². The molecule has 2 N–H and O–H groups in total. The van der Waals surface area contributed by atoms with Crippen molar-refractivity contribution in [3.8, 4) is 0 Å². The van der Waals surface area contributed by atoms with Crippen LogP contribution in [0.3, 0.4) is 0 Å². The minimum Gasteiger partial charge on any atom is -0.357 e. The van der Waals surface area contributed by atoms with E-state index in [-0.39, 0.29) is 5.56 Å². The van der Waals surface area contributed by atoms with Gasteiger partial charge in [0.15, 0.2) is 0 Å². The summed E-state index contributed by atoms with van der Waals surface area (Å²) in [5, 5.41) is 7.19. The molecule has 0 aliphatic carbocycles. The van der Waals surface area contributed by atoms with Gasteiger partial charge >= 0.3 is 6.18 Å². The number of hydrogen-bond donors (Lipinski definition) is 2. The van der Waals surface area contributed by atoms with Gasteiger partial charge < -0.3 is 15.5 Å². The Balaban J connectivity index is 1.63. The van der Waals surface area contributed by atoms with E-state index >= 15 is 0 Å². The fourth-order valence-corrected chi connectivity index (χ4v) is 4.50. The van der Waals surface area contributed by atoms with Gasteiger partial charge in [0.2, 0.25) is 5.95 Å². The van der Waals surface area contributed by atoms with Gasteiger partial charge in [0.05, 0.1) is 11.9 Å². The number of fused-ring (bicyclic) bond motifs is 1. The average Bonchev–Trinajstić information content (AvgIpc) is 2.67. The number of hydrogen-bond acceptors (Lipinski definition) is 5. The SMILES string of the molecule is CNc1nc(N2CCC3(CCNCC3)CC2)c2ccc(CC(F)(F)F)cc2n1. The lowest BCUT2D eigenvalue weighted by Gasteiger charge is -2.45. The number of anilines is 2. The first-order valence-electron chi connectivity index (χ1n) is 9.88. The van der Waals surface area contributed by atoms with E-state index in [0.717, 1.165) is 50.2 Å². The Morgan fingerprint density at radius 1 is 1.11 bits per heavy atom. The monoisotopic (exact) mass is 393 g/mol. The number of rotatable bonds is 3. The van der Waals surface area contributed by atoms with Gasteiger partial charge in [-0.2, -0.15) is 18.2 Å². The highest BCUT2D eigenvalue weighted by Gasteiger charge is 2.36. The van der Waals surface area contributed by atoms with Crippen molar-refractivity contribution < 1.29 is 13.2 Å². The molecule has 2 saturated heterocycles. The van der Waals surface area contributed by atoms with Crippen molar-refractivity contribution in [2.24, 2.45) is 5.41 Å². The first-order valence-corrected chi connectivity index (χ1v) is 9.88. The van der Waals surface area contributed by atoms with E-state index in [4.69, 9.17) is 0 Å². The molecule has 1 aromatic carbocycles. The minimum atomic E-state index is -4.23. The summed E-state index contributed by atoms with van der Waals surface area (Å²) in [6.07, 6.45) is -0.493. The van der Waals surface area contributed by atoms with E-state index in [1.807, 2.05) is 0 Å². The molecule has 2 fully saturated rings. The predicted molar refractivity (Wildman–Crippen MR) is 105 cm³/mol. The van der Waals surface area contributed by atoms with Crippen molar-refractivity contribution in [2.45, 2.75) is 38.3 Å². The number of halogens is 3. The lowest BCUT2D eigenvalue weighted by molar-refractivity contribution is -0.127. The second-order valence-electron chi connectivity index (χ2n) is 8.00. The van der Waals surface area contributed by atoms with Crippen LogP contribution in [-0.4, -0.2) is 49.4 Å². The van der Waals surface area contributed by atoms with Crippen molar-refractivity contribution >= 4 is 22.7 Å². The third-order valence-electron chi connectivity index (χ3n) is 6.16. The van der Waals surface area contributed by atoms with Crippen LogP contribution in [0.5, 0.6) is 0 Å². The molecule has 1 aromatic heterocycles. The quantitative estimate of drug-likeness (QED) is 0.832. The van der Waals surface area contributed by atoms with Crippen molar-refractivity contribution in [2.75, 3.05) is 43.4 Å². The summed E-state index contributed by atoms with van der Waals surface area (Å²) in [6.45, 7) is 4.00. The molecular formula is C20H26F3N5. The third kappa shape index (κ3) is 4.01. The van der Waals surface area contributed by atoms with E-state index < -0.39 is 12.6 Å². The van der Waals surface area contributed by atoms with Gasteiger partial charge in [-0.15, -0.1) is 0 Å². The molecule has 0 amide bonds. The highest BCUT2D eigenvalue weighted by molar-refractivity contribution is 5.91.